The molecular weight excluding hydrogens is 366 g/mol. The molecule has 2 aromatic heterocycles. The van der Waals surface area contributed by atoms with E-state index in [-0.39, 0.29) is 18.2 Å². The van der Waals surface area contributed by atoms with Crippen LogP contribution >= 0.6 is 11.8 Å². The SMILES string of the molecule is N#CCn1c(CSc2nnnn2CC2CCCO2)nc2ccccc2c1=O. The third kappa shape index (κ3) is 3.70. The number of thioether (sulfide) groups is 1. The number of nitrogens with zero attached hydrogens (tertiary/aromatic N) is 7. The number of rotatable bonds is 6. The van der Waals surface area contributed by atoms with Crippen LogP contribution in [0.3, 0.4) is 0 Å². The summed E-state index contributed by atoms with van der Waals surface area (Å²) in [4.78, 5) is 17.3. The van der Waals surface area contributed by atoms with Crippen LogP contribution in [-0.2, 0) is 23.6 Å². The van der Waals surface area contributed by atoms with Gasteiger partial charge in [-0.1, -0.05) is 23.9 Å². The fourth-order valence-corrected chi connectivity index (χ4v) is 3.92. The Hall–Kier alpha value is -2.77. The van der Waals surface area contributed by atoms with Gasteiger partial charge in [0.25, 0.3) is 5.56 Å². The molecule has 138 valence electrons. The molecule has 1 saturated heterocycles. The Morgan fingerprint density at radius 1 is 1.37 bits per heavy atom. The van der Waals surface area contributed by atoms with E-state index < -0.39 is 0 Å². The second-order valence-electron chi connectivity index (χ2n) is 6.16. The van der Waals surface area contributed by atoms with Crippen molar-refractivity contribution in [2.45, 2.75) is 42.9 Å². The van der Waals surface area contributed by atoms with Crippen molar-refractivity contribution in [1.29, 1.82) is 5.26 Å². The van der Waals surface area contributed by atoms with E-state index >= 15 is 0 Å². The van der Waals surface area contributed by atoms with Gasteiger partial charge in [0.2, 0.25) is 5.16 Å². The minimum absolute atomic E-state index is 0.0482. The van der Waals surface area contributed by atoms with Gasteiger partial charge >= 0.3 is 0 Å². The van der Waals surface area contributed by atoms with Crippen molar-refractivity contribution in [1.82, 2.24) is 29.8 Å². The van der Waals surface area contributed by atoms with Crippen LogP contribution in [0.25, 0.3) is 10.9 Å². The lowest BCUT2D eigenvalue weighted by Gasteiger charge is -2.12. The number of hydrogen-bond acceptors (Lipinski definition) is 8. The zero-order chi connectivity index (χ0) is 18.6. The molecule has 27 heavy (non-hydrogen) atoms. The van der Waals surface area contributed by atoms with Crippen molar-refractivity contribution in [2.24, 2.45) is 0 Å². The predicted octanol–water partition coefficient (Wildman–Crippen LogP) is 1.38. The first-order valence-electron chi connectivity index (χ1n) is 8.62. The summed E-state index contributed by atoms with van der Waals surface area (Å²) in [6.45, 7) is 1.33. The van der Waals surface area contributed by atoms with Gasteiger partial charge < -0.3 is 4.74 Å². The number of benzene rings is 1. The first kappa shape index (κ1) is 17.6. The average Bonchev–Trinajstić information content (AvgIpc) is 3.35. The number of para-hydroxylation sites is 1. The Labute approximate surface area is 159 Å². The van der Waals surface area contributed by atoms with E-state index in [1.807, 2.05) is 12.1 Å². The molecule has 9 nitrogen and oxygen atoms in total. The van der Waals surface area contributed by atoms with Crippen LogP contribution in [0.2, 0.25) is 0 Å². The van der Waals surface area contributed by atoms with Crippen LogP contribution in [-0.4, -0.2) is 42.5 Å². The smallest absolute Gasteiger partial charge is 0.262 e. The second kappa shape index (κ2) is 7.85. The molecule has 0 aliphatic carbocycles. The van der Waals surface area contributed by atoms with E-state index in [0.29, 0.717) is 34.2 Å². The maximum atomic E-state index is 12.7. The normalized spacial score (nSPS) is 16.6. The first-order valence-corrected chi connectivity index (χ1v) is 9.61. The van der Waals surface area contributed by atoms with Gasteiger partial charge in [-0.2, -0.15) is 5.26 Å². The van der Waals surface area contributed by atoms with Gasteiger partial charge in [-0.3, -0.25) is 9.36 Å². The Morgan fingerprint density at radius 2 is 2.26 bits per heavy atom. The fraction of sp³-hybridized carbons (Fsp3) is 0.412. The summed E-state index contributed by atoms with van der Waals surface area (Å²) < 4.78 is 8.76. The van der Waals surface area contributed by atoms with Gasteiger partial charge in [0.05, 0.1) is 35.4 Å². The first-order chi connectivity index (χ1) is 13.3. The average molecular weight is 383 g/mol. The Kier molecular flexibility index (Phi) is 5.13. The monoisotopic (exact) mass is 383 g/mol. The number of ether oxygens (including phenoxy) is 1. The molecule has 1 aromatic carbocycles. The molecule has 0 radical (unpaired) electrons. The van der Waals surface area contributed by atoms with E-state index in [1.54, 1.807) is 22.9 Å². The number of hydrogen-bond donors (Lipinski definition) is 0. The molecule has 3 aromatic rings. The summed E-state index contributed by atoms with van der Waals surface area (Å²) >= 11 is 1.39. The molecule has 1 fully saturated rings. The summed E-state index contributed by atoms with van der Waals surface area (Å²) in [5, 5.41) is 22.1. The Morgan fingerprint density at radius 3 is 3.07 bits per heavy atom. The van der Waals surface area contributed by atoms with Crippen molar-refractivity contribution in [3.05, 3.63) is 40.4 Å². The molecule has 1 atom stereocenters. The molecule has 10 heteroatoms. The van der Waals surface area contributed by atoms with Crippen LogP contribution in [0.5, 0.6) is 0 Å². The van der Waals surface area contributed by atoms with Crippen LogP contribution < -0.4 is 5.56 Å². The molecule has 0 bridgehead atoms. The number of tetrazole rings is 1. The molecule has 0 N–H and O–H groups in total. The molecule has 3 heterocycles. The topological polar surface area (TPSA) is 112 Å². The lowest BCUT2D eigenvalue weighted by molar-refractivity contribution is 0.0912. The third-order valence-electron chi connectivity index (χ3n) is 4.40. The highest BCUT2D eigenvalue weighted by Gasteiger charge is 2.19. The number of nitriles is 1. The minimum atomic E-state index is -0.211. The maximum Gasteiger partial charge on any atom is 0.262 e. The summed E-state index contributed by atoms with van der Waals surface area (Å²) in [5.74, 6) is 0.908. The highest BCUT2D eigenvalue weighted by molar-refractivity contribution is 7.98. The molecule has 0 spiro atoms. The van der Waals surface area contributed by atoms with Gasteiger partial charge in [0.15, 0.2) is 0 Å². The van der Waals surface area contributed by atoms with Crippen LogP contribution in [0.4, 0.5) is 0 Å². The quantitative estimate of drug-likeness (QED) is 0.587. The standard InChI is InChI=1S/C17H17N7O2S/c18-7-8-23-15(19-14-6-2-1-5-13(14)16(23)25)11-27-17-20-21-22-24(17)10-12-4-3-9-26-12/h1-2,5-6,12H,3-4,8-11H2. The zero-order valence-corrected chi connectivity index (χ0v) is 15.3. The van der Waals surface area contributed by atoms with Crippen LogP contribution in [0, 0.1) is 11.3 Å². The van der Waals surface area contributed by atoms with E-state index in [4.69, 9.17) is 10.00 Å². The van der Waals surface area contributed by atoms with Gasteiger partial charge in [-0.15, -0.1) is 5.10 Å². The minimum Gasteiger partial charge on any atom is -0.376 e. The van der Waals surface area contributed by atoms with E-state index in [0.717, 1.165) is 19.4 Å². The van der Waals surface area contributed by atoms with E-state index in [2.05, 4.69) is 20.5 Å². The molecule has 0 saturated carbocycles. The molecule has 4 rings (SSSR count). The largest absolute Gasteiger partial charge is 0.376 e. The fourth-order valence-electron chi connectivity index (χ4n) is 3.08. The summed E-state index contributed by atoms with van der Waals surface area (Å²) in [7, 11) is 0. The van der Waals surface area contributed by atoms with E-state index in [9.17, 15) is 4.79 Å². The third-order valence-corrected chi connectivity index (χ3v) is 5.35. The van der Waals surface area contributed by atoms with Gasteiger partial charge in [-0.25, -0.2) is 9.67 Å². The molecule has 1 aliphatic rings. The molecule has 0 amide bonds. The zero-order valence-electron chi connectivity index (χ0n) is 14.5. The highest BCUT2D eigenvalue weighted by atomic mass is 32.2. The van der Waals surface area contributed by atoms with Gasteiger partial charge in [0.1, 0.15) is 12.4 Å². The van der Waals surface area contributed by atoms with Gasteiger partial charge in [-0.05, 0) is 35.4 Å². The lowest BCUT2D eigenvalue weighted by Crippen LogP contribution is -2.25. The van der Waals surface area contributed by atoms with E-state index in [1.165, 1.54) is 16.3 Å². The maximum absolute atomic E-state index is 12.7. The van der Waals surface area contributed by atoms with Crippen molar-refractivity contribution in [3.8, 4) is 6.07 Å². The lowest BCUT2D eigenvalue weighted by atomic mass is 10.2. The Bertz CT molecular complexity index is 1050. The van der Waals surface area contributed by atoms with Gasteiger partial charge in [0, 0.05) is 6.61 Å². The highest BCUT2D eigenvalue weighted by Crippen LogP contribution is 2.22. The second-order valence-corrected chi connectivity index (χ2v) is 7.10. The van der Waals surface area contributed by atoms with Crippen molar-refractivity contribution >= 4 is 22.7 Å². The summed E-state index contributed by atoms with van der Waals surface area (Å²) in [6, 6.07) is 9.17. The Balaban J connectivity index is 1.59. The number of fused-ring (bicyclic) bond motifs is 1. The van der Waals surface area contributed by atoms with Crippen LogP contribution in [0.15, 0.2) is 34.2 Å². The molecule has 1 unspecified atom stereocenters. The van der Waals surface area contributed by atoms with Crippen molar-refractivity contribution < 1.29 is 4.74 Å². The molecular formula is C17H17N7O2S. The van der Waals surface area contributed by atoms with Crippen molar-refractivity contribution in [3.63, 3.8) is 0 Å². The summed E-state index contributed by atoms with van der Waals surface area (Å²) in [6.07, 6.45) is 2.18. The predicted molar refractivity (Wildman–Crippen MR) is 98.0 cm³/mol. The molecule has 1 aliphatic heterocycles. The van der Waals surface area contributed by atoms with Crippen LogP contribution in [0.1, 0.15) is 18.7 Å². The number of aromatic nitrogens is 6. The summed E-state index contributed by atoms with van der Waals surface area (Å²) in [5.41, 5.74) is 0.405. The van der Waals surface area contributed by atoms with Crippen molar-refractivity contribution in [2.75, 3.05) is 6.61 Å².